The number of nitrogens with zero attached hydrogens (tertiary/aromatic N) is 4. The summed E-state index contributed by atoms with van der Waals surface area (Å²) in [5, 5.41) is 17.2. The van der Waals surface area contributed by atoms with Crippen molar-refractivity contribution in [1.82, 2.24) is 14.7 Å². The molecular formula is C24H32N6O3S. The summed E-state index contributed by atoms with van der Waals surface area (Å²) >= 11 is 0. The predicted octanol–water partition coefficient (Wildman–Crippen LogP) is 3.24. The third-order valence-electron chi connectivity index (χ3n) is 7.06. The second-order valence-electron chi connectivity index (χ2n) is 9.41. The lowest BCUT2D eigenvalue weighted by atomic mass is 9.79. The SMILES string of the molecule is CS(=O)(=O)c1ccc(Nc2nn([C@H]3CC[C@@H](N4CCCCC4)C[C@@H]3CC#N)cc2C(N)=O)cc1. The van der Waals surface area contributed by atoms with Crippen molar-refractivity contribution in [3.05, 3.63) is 36.0 Å². The summed E-state index contributed by atoms with van der Waals surface area (Å²) in [6, 6.07) is 9.12. The second kappa shape index (κ2) is 10.2. The van der Waals surface area contributed by atoms with Crippen LogP contribution in [0, 0.1) is 17.2 Å². The van der Waals surface area contributed by atoms with E-state index in [1.165, 1.54) is 31.4 Å². The van der Waals surface area contributed by atoms with Crippen molar-refractivity contribution in [3.63, 3.8) is 0 Å². The van der Waals surface area contributed by atoms with Gasteiger partial charge in [0.05, 0.1) is 17.0 Å². The molecule has 0 radical (unpaired) electrons. The largest absolute Gasteiger partial charge is 0.365 e. The maximum Gasteiger partial charge on any atom is 0.254 e. The minimum atomic E-state index is -3.30. The number of nitrogens with two attached hydrogens (primary N) is 1. The fourth-order valence-corrected chi connectivity index (χ4v) is 5.91. The van der Waals surface area contributed by atoms with Crippen molar-refractivity contribution < 1.29 is 13.2 Å². The average molecular weight is 485 g/mol. The number of nitriles is 1. The van der Waals surface area contributed by atoms with Gasteiger partial charge >= 0.3 is 0 Å². The summed E-state index contributed by atoms with van der Waals surface area (Å²) < 4.78 is 25.2. The molecule has 1 saturated heterocycles. The topological polar surface area (TPSA) is 134 Å². The number of anilines is 2. The molecule has 0 bridgehead atoms. The second-order valence-corrected chi connectivity index (χ2v) is 11.4. The van der Waals surface area contributed by atoms with E-state index in [4.69, 9.17) is 5.73 Å². The number of nitrogens with one attached hydrogen (secondary N) is 1. The highest BCUT2D eigenvalue weighted by Gasteiger charge is 2.35. The normalized spacial score (nSPS) is 23.8. The van der Waals surface area contributed by atoms with Gasteiger partial charge in [0.15, 0.2) is 15.7 Å². The minimum absolute atomic E-state index is 0.0157. The molecule has 1 aliphatic carbocycles. The van der Waals surface area contributed by atoms with Gasteiger partial charge in [0.2, 0.25) is 0 Å². The first-order valence-electron chi connectivity index (χ1n) is 11.8. The number of primary amides is 1. The van der Waals surface area contributed by atoms with Crippen LogP contribution in [0.3, 0.4) is 0 Å². The zero-order valence-corrected chi connectivity index (χ0v) is 20.3. The molecule has 34 heavy (non-hydrogen) atoms. The Labute approximate surface area is 200 Å². The van der Waals surface area contributed by atoms with Crippen molar-refractivity contribution in [1.29, 1.82) is 5.26 Å². The molecule has 3 N–H and O–H groups in total. The third-order valence-corrected chi connectivity index (χ3v) is 8.19. The van der Waals surface area contributed by atoms with E-state index in [9.17, 15) is 18.5 Å². The molecule has 0 unspecified atom stereocenters. The molecule has 1 saturated carbocycles. The van der Waals surface area contributed by atoms with Crippen molar-refractivity contribution >= 4 is 27.2 Å². The number of sulfone groups is 1. The number of rotatable bonds is 7. The van der Waals surface area contributed by atoms with Gasteiger partial charge < -0.3 is 16.0 Å². The first-order valence-corrected chi connectivity index (χ1v) is 13.7. The predicted molar refractivity (Wildman–Crippen MR) is 129 cm³/mol. The smallest absolute Gasteiger partial charge is 0.254 e. The molecule has 3 atom stereocenters. The molecule has 0 spiro atoms. The van der Waals surface area contributed by atoms with Crippen LogP contribution in [0.25, 0.3) is 0 Å². The molecule has 2 heterocycles. The highest BCUT2D eigenvalue weighted by molar-refractivity contribution is 7.90. The lowest BCUT2D eigenvalue weighted by Crippen LogP contribution is -2.44. The molecule has 1 aliphatic heterocycles. The Morgan fingerprint density at radius 3 is 2.53 bits per heavy atom. The Kier molecular flexibility index (Phi) is 7.24. The Morgan fingerprint density at radius 1 is 1.21 bits per heavy atom. The Hall–Kier alpha value is -2.90. The van der Waals surface area contributed by atoms with E-state index >= 15 is 0 Å². The quantitative estimate of drug-likeness (QED) is 0.616. The van der Waals surface area contributed by atoms with E-state index in [1.54, 1.807) is 23.0 Å². The maximum absolute atomic E-state index is 12.2. The summed E-state index contributed by atoms with van der Waals surface area (Å²) in [5.74, 6) is -0.123. The van der Waals surface area contributed by atoms with Gasteiger partial charge in [0.1, 0.15) is 5.56 Å². The van der Waals surface area contributed by atoms with Crippen molar-refractivity contribution in [2.75, 3.05) is 24.7 Å². The average Bonchev–Trinajstić information content (AvgIpc) is 3.23. The molecule has 9 nitrogen and oxygen atoms in total. The Balaban J connectivity index is 1.55. The van der Waals surface area contributed by atoms with E-state index < -0.39 is 15.7 Å². The number of likely N-dealkylation sites (tertiary alicyclic amines) is 1. The van der Waals surface area contributed by atoms with Gasteiger partial charge in [-0.15, -0.1) is 0 Å². The van der Waals surface area contributed by atoms with Crippen molar-refractivity contribution in [3.8, 4) is 6.07 Å². The van der Waals surface area contributed by atoms with Crippen LogP contribution in [0.2, 0.25) is 0 Å². The monoisotopic (exact) mass is 484 g/mol. The number of hydrogen-bond donors (Lipinski definition) is 2. The first kappa shape index (κ1) is 24.2. The number of carbonyl (C=O) groups is 1. The van der Waals surface area contributed by atoms with Crippen molar-refractivity contribution in [2.45, 2.75) is 61.9 Å². The Bertz CT molecular complexity index is 1160. The molecule has 2 fully saturated rings. The minimum Gasteiger partial charge on any atom is -0.365 e. The highest BCUT2D eigenvalue weighted by atomic mass is 32.2. The van der Waals surface area contributed by atoms with E-state index in [0.29, 0.717) is 24.0 Å². The van der Waals surface area contributed by atoms with Crippen LogP contribution in [0.4, 0.5) is 11.5 Å². The van der Waals surface area contributed by atoms with Gasteiger partial charge in [-0.05, 0) is 75.4 Å². The molecule has 2 aliphatic rings. The summed E-state index contributed by atoms with van der Waals surface area (Å²) in [7, 11) is -3.30. The van der Waals surface area contributed by atoms with E-state index in [2.05, 4.69) is 21.4 Å². The summed E-state index contributed by atoms with van der Waals surface area (Å²) in [6.45, 7) is 2.27. The zero-order valence-electron chi connectivity index (χ0n) is 19.5. The summed E-state index contributed by atoms with van der Waals surface area (Å²) in [6.07, 6.45) is 9.91. The van der Waals surface area contributed by atoms with Crippen molar-refractivity contribution in [2.24, 2.45) is 11.7 Å². The van der Waals surface area contributed by atoms with Gasteiger partial charge in [0, 0.05) is 30.6 Å². The van der Waals surface area contributed by atoms with Gasteiger partial charge in [-0.3, -0.25) is 9.48 Å². The van der Waals surface area contributed by atoms with Crippen LogP contribution in [0.1, 0.15) is 61.3 Å². The van der Waals surface area contributed by atoms with Crippen LogP contribution >= 0.6 is 0 Å². The van der Waals surface area contributed by atoms with Gasteiger partial charge in [0.25, 0.3) is 5.91 Å². The van der Waals surface area contributed by atoms with Crippen LogP contribution < -0.4 is 11.1 Å². The Morgan fingerprint density at radius 2 is 1.91 bits per heavy atom. The van der Waals surface area contributed by atoms with Crippen LogP contribution in [-0.2, 0) is 9.84 Å². The van der Waals surface area contributed by atoms with E-state index in [0.717, 1.165) is 38.6 Å². The number of hydrogen-bond acceptors (Lipinski definition) is 7. The van der Waals surface area contributed by atoms with E-state index in [-0.39, 0.29) is 22.4 Å². The van der Waals surface area contributed by atoms with Gasteiger partial charge in [-0.2, -0.15) is 10.4 Å². The van der Waals surface area contributed by atoms with E-state index in [1.807, 2.05) is 0 Å². The molecule has 182 valence electrons. The van der Waals surface area contributed by atoms with Gasteiger partial charge in [-0.25, -0.2) is 8.42 Å². The number of carbonyl (C=O) groups excluding carboxylic acids is 1. The lowest BCUT2D eigenvalue weighted by molar-refractivity contribution is 0.0819. The van der Waals surface area contributed by atoms with Crippen LogP contribution in [0.5, 0.6) is 0 Å². The highest BCUT2D eigenvalue weighted by Crippen LogP contribution is 2.39. The molecule has 2 aromatic rings. The lowest BCUT2D eigenvalue weighted by Gasteiger charge is -2.42. The van der Waals surface area contributed by atoms with Crippen LogP contribution in [-0.4, -0.2) is 54.4 Å². The molecule has 4 rings (SSSR count). The molecule has 10 heteroatoms. The maximum atomic E-state index is 12.2. The molecule has 1 aromatic heterocycles. The third kappa shape index (κ3) is 5.42. The zero-order chi connectivity index (χ0) is 24.3. The fraction of sp³-hybridized carbons (Fsp3) is 0.542. The molecular weight excluding hydrogens is 452 g/mol. The number of piperidine rings is 1. The molecule has 1 aromatic carbocycles. The summed E-state index contributed by atoms with van der Waals surface area (Å²) in [5.41, 5.74) is 6.50. The standard InChI is InChI=1S/C24H32N6O3S/c1-34(32,33)20-8-5-18(6-9-20)27-24-21(23(26)31)16-30(28-24)22-10-7-19(15-17(22)11-12-25)29-13-3-2-4-14-29/h5-6,8-9,16-17,19,22H,2-4,7,10-11,13-15H2,1H3,(H2,26,31)(H,27,28)/t17-,19+,22-/m0/s1. The van der Waals surface area contributed by atoms with Crippen LogP contribution in [0.15, 0.2) is 35.4 Å². The molecule has 1 amide bonds. The number of benzene rings is 1. The van der Waals surface area contributed by atoms with Gasteiger partial charge in [-0.1, -0.05) is 6.42 Å². The number of amides is 1. The fourth-order valence-electron chi connectivity index (χ4n) is 5.28. The number of aromatic nitrogens is 2. The first-order chi connectivity index (χ1) is 16.3. The summed E-state index contributed by atoms with van der Waals surface area (Å²) in [4.78, 5) is 14.9.